The Hall–Kier alpha value is -5.90. The Kier molecular flexibility index (Phi) is 17.1. The number of carbonyl (C=O) groups excluding carboxylic acids is 4. The SMILES string of the molecule is Cc1ncsc1-c1ccc([C@H](C)NC(=O)[C@@H]2C[C@@H](O)CN2C(=O)[C@@H](NC(=O)COCCCCCCc2ccc(C(=O)NC3C(C)(C)C(Oc4ccc(C#N)c(C(F)(F)F)n4)C3(C)C)cc2)C(C)(C)C)cc1. The number of aliphatic hydroxyl groups is 1. The minimum atomic E-state index is -4.82. The number of alkyl halides is 3. The first-order valence-electron chi connectivity index (χ1n) is 24.0. The van der Waals surface area contributed by atoms with Crippen molar-refractivity contribution in [3.63, 3.8) is 0 Å². The first-order chi connectivity index (χ1) is 33.3. The van der Waals surface area contributed by atoms with Gasteiger partial charge in [-0.15, -0.1) is 11.3 Å². The van der Waals surface area contributed by atoms with Crippen LogP contribution in [0, 0.1) is 34.5 Å². The van der Waals surface area contributed by atoms with Crippen LogP contribution in [0.3, 0.4) is 0 Å². The highest BCUT2D eigenvalue weighted by molar-refractivity contribution is 7.13. The van der Waals surface area contributed by atoms with Crippen LogP contribution in [-0.4, -0.2) is 93.7 Å². The molecular formula is C53H66F3N7O7S. The fourth-order valence-electron chi connectivity index (χ4n) is 10.0. The molecule has 2 aromatic heterocycles. The number of aryl methyl sites for hydroxylation is 2. The van der Waals surface area contributed by atoms with E-state index in [4.69, 9.17) is 14.7 Å². The summed E-state index contributed by atoms with van der Waals surface area (Å²) in [4.78, 5) is 64.6. The van der Waals surface area contributed by atoms with Gasteiger partial charge in [0.25, 0.3) is 5.91 Å². The summed E-state index contributed by atoms with van der Waals surface area (Å²) in [7, 11) is 0. The third-order valence-corrected chi connectivity index (χ3v) is 14.6. The normalized spacial score (nSPS) is 20.3. The monoisotopic (exact) mass is 1000 g/mol. The van der Waals surface area contributed by atoms with Crippen molar-refractivity contribution < 1.29 is 46.9 Å². The fraction of sp³-hybridized carbons (Fsp3) is 0.528. The molecule has 1 saturated heterocycles. The van der Waals surface area contributed by atoms with E-state index < -0.39 is 69.8 Å². The topological polar surface area (TPSA) is 196 Å². The van der Waals surface area contributed by atoms with E-state index in [9.17, 15) is 37.5 Å². The van der Waals surface area contributed by atoms with Gasteiger partial charge in [0, 0.05) is 48.1 Å². The van der Waals surface area contributed by atoms with Crippen LogP contribution in [0.5, 0.6) is 5.88 Å². The number of nitrogens with one attached hydrogen (secondary N) is 3. The average molecular weight is 1000 g/mol. The van der Waals surface area contributed by atoms with Crippen molar-refractivity contribution in [3.05, 3.63) is 99.8 Å². The Bertz CT molecular complexity index is 2550. The Balaban J connectivity index is 0.893. The van der Waals surface area contributed by atoms with E-state index in [1.165, 1.54) is 17.0 Å². The van der Waals surface area contributed by atoms with Crippen LogP contribution in [0.15, 0.2) is 66.2 Å². The second kappa shape index (κ2) is 22.3. The van der Waals surface area contributed by atoms with Crippen LogP contribution in [0.4, 0.5) is 13.2 Å². The lowest BCUT2D eigenvalue weighted by Crippen LogP contribution is -2.74. The van der Waals surface area contributed by atoms with Crippen molar-refractivity contribution in [2.24, 2.45) is 16.2 Å². The van der Waals surface area contributed by atoms with Crippen molar-refractivity contribution >= 4 is 35.0 Å². The standard InChI is InChI=1S/C53H66F3N7O7S/c1-31(34-19-21-35(22-20-34)42-32(2)58-30-71-42)59-46(67)39-26-38(64)28-63(39)47(68)44(50(3,4)5)60-40(65)29-69-25-13-11-10-12-14-33-15-17-36(18-16-33)45(66)62-48-51(6,7)49(52(48,8)9)70-41-24-23-37(27-57)43(61-41)53(54,55)56/h15-24,30-31,38-39,44,48-49,64H,10-14,25-26,28-29H2,1-9H3,(H,59,67)(H,60,65)(H,62,66)/t31-,38+,39-,44+,48?,49?/m0/s1. The molecule has 1 aliphatic carbocycles. The number of unbranched alkanes of at least 4 members (excludes halogenated alkanes) is 3. The lowest BCUT2D eigenvalue weighted by atomic mass is 9.49. The number of amides is 4. The summed E-state index contributed by atoms with van der Waals surface area (Å²) in [6.45, 7) is 16.9. The zero-order chi connectivity index (χ0) is 52.1. The van der Waals surface area contributed by atoms with Crippen LogP contribution in [0.2, 0.25) is 0 Å². The number of ether oxygens (including phenoxy) is 2. The molecule has 4 atom stereocenters. The van der Waals surface area contributed by atoms with Crippen LogP contribution < -0.4 is 20.7 Å². The van der Waals surface area contributed by atoms with Gasteiger partial charge in [-0.2, -0.15) is 18.4 Å². The lowest BCUT2D eigenvalue weighted by Gasteiger charge is -2.62. The number of carbonyl (C=O) groups is 4. The summed E-state index contributed by atoms with van der Waals surface area (Å²) in [5.74, 6) is -1.81. The molecule has 3 heterocycles. The number of thiazole rings is 1. The number of benzene rings is 2. The van der Waals surface area contributed by atoms with Crippen LogP contribution in [-0.2, 0) is 31.7 Å². The number of likely N-dealkylation sites (tertiary alicyclic amines) is 1. The highest BCUT2D eigenvalue weighted by atomic mass is 32.1. The highest BCUT2D eigenvalue weighted by Gasteiger charge is 2.64. The summed E-state index contributed by atoms with van der Waals surface area (Å²) in [5, 5.41) is 28.7. The molecular weight excluding hydrogens is 936 g/mol. The number of hydrogen-bond donors (Lipinski definition) is 4. The number of rotatable bonds is 19. The molecule has 4 aromatic rings. The molecule has 2 aromatic carbocycles. The van der Waals surface area contributed by atoms with Gasteiger partial charge >= 0.3 is 6.18 Å². The predicted molar refractivity (Wildman–Crippen MR) is 263 cm³/mol. The molecule has 14 nitrogen and oxygen atoms in total. The van der Waals surface area contributed by atoms with Gasteiger partial charge < -0.3 is 35.4 Å². The molecule has 2 aliphatic rings. The molecule has 1 aliphatic heterocycles. The van der Waals surface area contributed by atoms with Gasteiger partial charge in [0.2, 0.25) is 23.6 Å². The number of aliphatic hydroxyl groups excluding tert-OH is 1. The number of pyridine rings is 1. The van der Waals surface area contributed by atoms with E-state index >= 15 is 0 Å². The van der Waals surface area contributed by atoms with Crippen LogP contribution >= 0.6 is 11.3 Å². The van der Waals surface area contributed by atoms with E-state index in [2.05, 4.69) is 25.9 Å². The van der Waals surface area contributed by atoms with Gasteiger partial charge in [0.1, 0.15) is 30.9 Å². The molecule has 6 rings (SSSR count). The maximum absolute atomic E-state index is 14.1. The zero-order valence-corrected chi connectivity index (χ0v) is 42.7. The van der Waals surface area contributed by atoms with E-state index in [1.54, 1.807) is 29.0 Å². The summed E-state index contributed by atoms with van der Waals surface area (Å²) in [6.07, 6.45) is -2.01. The maximum Gasteiger partial charge on any atom is 0.434 e. The summed E-state index contributed by atoms with van der Waals surface area (Å²) in [6, 6.07) is 16.5. The minimum absolute atomic E-state index is 0.0294. The number of nitriles is 1. The molecule has 0 unspecified atom stereocenters. The van der Waals surface area contributed by atoms with E-state index in [-0.39, 0.29) is 49.4 Å². The van der Waals surface area contributed by atoms with Gasteiger partial charge in [-0.05, 0) is 73.4 Å². The third kappa shape index (κ3) is 13.0. The third-order valence-electron chi connectivity index (χ3n) is 13.6. The van der Waals surface area contributed by atoms with E-state index in [0.29, 0.717) is 12.2 Å². The lowest BCUT2D eigenvalue weighted by molar-refractivity contribution is -0.167. The molecule has 18 heteroatoms. The first kappa shape index (κ1) is 54.4. The molecule has 4 N–H and O–H groups in total. The van der Waals surface area contributed by atoms with Crippen molar-refractivity contribution in [1.82, 2.24) is 30.8 Å². The highest BCUT2D eigenvalue weighted by Crippen LogP contribution is 2.55. The molecule has 2 fully saturated rings. The average Bonchev–Trinajstić information content (AvgIpc) is 3.94. The largest absolute Gasteiger partial charge is 0.473 e. The Labute approximate surface area is 418 Å². The van der Waals surface area contributed by atoms with Gasteiger partial charge in [-0.3, -0.25) is 19.2 Å². The predicted octanol–water partition coefficient (Wildman–Crippen LogP) is 8.51. The number of nitrogens with zero attached hydrogens (tertiary/aromatic N) is 4. The smallest absolute Gasteiger partial charge is 0.434 e. The van der Waals surface area contributed by atoms with Crippen LogP contribution in [0.1, 0.15) is 132 Å². The molecule has 4 amide bonds. The molecule has 382 valence electrons. The van der Waals surface area contributed by atoms with Crippen molar-refractivity contribution in [2.75, 3.05) is 19.8 Å². The second-order valence-corrected chi connectivity index (χ2v) is 21.9. The number of aromatic nitrogens is 2. The first-order valence-corrected chi connectivity index (χ1v) is 24.9. The Morgan fingerprint density at radius 1 is 0.944 bits per heavy atom. The number of hydrogen-bond acceptors (Lipinski definition) is 11. The summed E-state index contributed by atoms with van der Waals surface area (Å²) in [5.41, 5.74) is 2.29. The van der Waals surface area contributed by atoms with Crippen molar-refractivity contribution in [1.29, 1.82) is 5.26 Å². The van der Waals surface area contributed by atoms with E-state index in [0.717, 1.165) is 65.4 Å². The van der Waals surface area contributed by atoms with E-state index in [1.807, 2.05) is 98.7 Å². The van der Waals surface area contributed by atoms with Gasteiger partial charge in [0.05, 0.1) is 33.8 Å². The molecule has 71 heavy (non-hydrogen) atoms. The van der Waals surface area contributed by atoms with Crippen LogP contribution in [0.25, 0.3) is 10.4 Å². The summed E-state index contributed by atoms with van der Waals surface area (Å²) < 4.78 is 52.3. The van der Waals surface area contributed by atoms with Gasteiger partial charge in [-0.25, -0.2) is 9.97 Å². The van der Waals surface area contributed by atoms with Crippen molar-refractivity contribution in [2.45, 2.75) is 143 Å². The molecule has 0 radical (unpaired) electrons. The minimum Gasteiger partial charge on any atom is -0.473 e. The summed E-state index contributed by atoms with van der Waals surface area (Å²) >= 11 is 1.56. The van der Waals surface area contributed by atoms with Gasteiger partial charge in [0.15, 0.2) is 5.69 Å². The quantitative estimate of drug-likeness (QED) is 0.0662. The van der Waals surface area contributed by atoms with Gasteiger partial charge in [-0.1, -0.05) is 97.7 Å². The molecule has 0 bridgehead atoms. The zero-order valence-electron chi connectivity index (χ0n) is 41.9. The second-order valence-electron chi connectivity index (χ2n) is 21.0. The van der Waals surface area contributed by atoms with Crippen molar-refractivity contribution in [3.8, 4) is 22.4 Å². The molecule has 0 spiro atoms. The Morgan fingerprint density at radius 2 is 1.61 bits per heavy atom. The molecule has 1 saturated carbocycles. The number of β-amino-alcohol motifs (C(OH)–C–C–N with tert-alkyl or cyclic N) is 1. The Morgan fingerprint density at radius 3 is 2.21 bits per heavy atom. The number of halogens is 3. The fourth-order valence-corrected chi connectivity index (χ4v) is 10.9. The maximum atomic E-state index is 14.1.